The highest BCUT2D eigenvalue weighted by Crippen LogP contribution is 2.27. The van der Waals surface area contributed by atoms with Crippen LogP contribution in [0, 0.1) is 26.6 Å². The average Bonchev–Trinajstić information content (AvgIpc) is 3.00. The van der Waals surface area contributed by atoms with E-state index in [-0.39, 0.29) is 5.82 Å². The van der Waals surface area contributed by atoms with Crippen LogP contribution in [0.5, 0.6) is 0 Å². The van der Waals surface area contributed by atoms with Crippen molar-refractivity contribution in [1.29, 1.82) is 0 Å². The van der Waals surface area contributed by atoms with Gasteiger partial charge in [-0.15, -0.1) is 11.3 Å². The molecule has 1 aromatic heterocycles. The largest absolute Gasteiger partial charge is 0.261 e. The first-order chi connectivity index (χ1) is 12.0. The summed E-state index contributed by atoms with van der Waals surface area (Å²) in [6.07, 6.45) is 1.72. The van der Waals surface area contributed by atoms with Crippen molar-refractivity contribution >= 4 is 17.6 Å². The lowest BCUT2D eigenvalue weighted by molar-refractivity contribution is 0.628. The Labute approximate surface area is 150 Å². The summed E-state index contributed by atoms with van der Waals surface area (Å²) in [5.74, 6) is -0.254. The van der Waals surface area contributed by atoms with Gasteiger partial charge in [-0.05, 0) is 61.2 Å². The lowest BCUT2D eigenvalue weighted by atomic mass is 9.99. The average molecular weight is 353 g/mol. The first-order valence-corrected chi connectivity index (χ1v) is 8.89. The van der Waals surface area contributed by atoms with Gasteiger partial charge in [0, 0.05) is 18.0 Å². The summed E-state index contributed by atoms with van der Waals surface area (Å²) in [5.41, 5.74) is 6.71. The summed E-state index contributed by atoms with van der Waals surface area (Å²) in [5, 5.41) is 6.66. The van der Waals surface area contributed by atoms with Gasteiger partial charge in [0.05, 0.1) is 11.9 Å². The smallest absolute Gasteiger partial charge is 0.205 e. The normalized spacial score (nSPS) is 12.3. The Kier molecular flexibility index (Phi) is 4.95. The maximum atomic E-state index is 13.1. The molecule has 0 radical (unpaired) electrons. The number of thiazole rings is 1. The molecular formula is C20H20FN3S. The van der Waals surface area contributed by atoms with Crippen molar-refractivity contribution in [3.05, 3.63) is 74.7 Å². The number of nitrogens with zero attached hydrogens (tertiary/aromatic N) is 3. The van der Waals surface area contributed by atoms with E-state index in [9.17, 15) is 4.39 Å². The highest BCUT2D eigenvalue weighted by Gasteiger charge is 2.11. The summed E-state index contributed by atoms with van der Waals surface area (Å²) in [4.78, 5) is 5.13. The Morgan fingerprint density at radius 1 is 1.00 bits per heavy atom. The quantitative estimate of drug-likeness (QED) is 0.611. The van der Waals surface area contributed by atoms with Crippen LogP contribution in [0.25, 0.3) is 11.3 Å². The third kappa shape index (κ3) is 3.61. The molecule has 0 N–H and O–H groups in total. The fourth-order valence-corrected chi connectivity index (χ4v) is 3.45. The fourth-order valence-electron chi connectivity index (χ4n) is 2.66. The molecular weight excluding hydrogens is 333 g/mol. The molecule has 0 saturated heterocycles. The minimum Gasteiger partial charge on any atom is -0.261 e. The SMILES string of the molecule is CN=c1scc(-c2cc(C)c(C)cc2C)n1N=Cc1ccc(F)cc1. The summed E-state index contributed by atoms with van der Waals surface area (Å²) in [7, 11) is 1.76. The summed E-state index contributed by atoms with van der Waals surface area (Å²) < 4.78 is 14.9. The van der Waals surface area contributed by atoms with Gasteiger partial charge in [-0.25, -0.2) is 9.07 Å². The molecule has 2 aromatic carbocycles. The van der Waals surface area contributed by atoms with E-state index in [0.717, 1.165) is 21.6 Å². The van der Waals surface area contributed by atoms with E-state index in [4.69, 9.17) is 0 Å². The van der Waals surface area contributed by atoms with E-state index in [0.29, 0.717) is 0 Å². The van der Waals surface area contributed by atoms with Gasteiger partial charge in [0.25, 0.3) is 0 Å². The van der Waals surface area contributed by atoms with Crippen molar-refractivity contribution in [2.24, 2.45) is 10.1 Å². The second kappa shape index (κ2) is 7.15. The van der Waals surface area contributed by atoms with Gasteiger partial charge < -0.3 is 0 Å². The Morgan fingerprint density at radius 2 is 1.68 bits per heavy atom. The molecule has 3 aromatic rings. The topological polar surface area (TPSA) is 29.6 Å². The molecule has 25 heavy (non-hydrogen) atoms. The number of hydrogen-bond donors (Lipinski definition) is 0. The minimum atomic E-state index is -0.254. The highest BCUT2D eigenvalue weighted by atomic mass is 32.1. The van der Waals surface area contributed by atoms with Crippen LogP contribution in [0.1, 0.15) is 22.3 Å². The zero-order chi connectivity index (χ0) is 18.0. The monoisotopic (exact) mass is 353 g/mol. The molecule has 0 unspecified atom stereocenters. The van der Waals surface area contributed by atoms with Crippen molar-refractivity contribution in [1.82, 2.24) is 4.68 Å². The molecule has 1 heterocycles. The van der Waals surface area contributed by atoms with Gasteiger partial charge in [0.1, 0.15) is 5.82 Å². The van der Waals surface area contributed by atoms with E-state index < -0.39 is 0 Å². The first-order valence-electron chi connectivity index (χ1n) is 8.01. The first kappa shape index (κ1) is 17.3. The number of aryl methyl sites for hydroxylation is 3. The summed E-state index contributed by atoms with van der Waals surface area (Å²) in [6.45, 7) is 6.34. The number of halogens is 1. The molecule has 128 valence electrons. The zero-order valence-corrected chi connectivity index (χ0v) is 15.6. The van der Waals surface area contributed by atoms with Crippen LogP contribution in [0.2, 0.25) is 0 Å². The van der Waals surface area contributed by atoms with Gasteiger partial charge in [-0.2, -0.15) is 5.10 Å². The van der Waals surface area contributed by atoms with Crippen molar-refractivity contribution in [3.8, 4) is 11.3 Å². The van der Waals surface area contributed by atoms with Gasteiger partial charge in [0.15, 0.2) is 0 Å². The zero-order valence-electron chi connectivity index (χ0n) is 14.7. The second-order valence-corrected chi connectivity index (χ2v) is 6.82. The van der Waals surface area contributed by atoms with Gasteiger partial charge in [-0.1, -0.05) is 18.2 Å². The predicted molar refractivity (Wildman–Crippen MR) is 103 cm³/mol. The molecule has 0 spiro atoms. The van der Waals surface area contributed by atoms with Crippen molar-refractivity contribution < 1.29 is 4.39 Å². The summed E-state index contributed by atoms with van der Waals surface area (Å²) in [6, 6.07) is 10.7. The molecule has 0 aliphatic carbocycles. The number of benzene rings is 2. The molecule has 0 fully saturated rings. The van der Waals surface area contributed by atoms with E-state index in [2.05, 4.69) is 48.4 Å². The molecule has 3 nitrogen and oxygen atoms in total. The van der Waals surface area contributed by atoms with Gasteiger partial charge in [-0.3, -0.25) is 4.99 Å². The minimum absolute atomic E-state index is 0.254. The Balaban J connectivity index is 2.10. The predicted octanol–water partition coefficient (Wildman–Crippen LogP) is 4.69. The van der Waals surface area contributed by atoms with Crippen LogP contribution in [-0.4, -0.2) is 17.9 Å². The molecule has 0 aliphatic heterocycles. The van der Waals surface area contributed by atoms with Crippen LogP contribution in [0.15, 0.2) is 51.9 Å². The molecule has 0 atom stereocenters. The molecule has 0 bridgehead atoms. The summed E-state index contributed by atoms with van der Waals surface area (Å²) >= 11 is 1.55. The third-order valence-corrected chi connectivity index (χ3v) is 5.09. The van der Waals surface area contributed by atoms with E-state index in [1.165, 1.54) is 28.8 Å². The molecule has 5 heteroatoms. The maximum Gasteiger partial charge on any atom is 0.205 e. The van der Waals surface area contributed by atoms with Crippen molar-refractivity contribution in [2.75, 3.05) is 7.05 Å². The standard InChI is InChI=1S/C20H20FN3S/c1-13-9-15(3)18(10-14(13)2)19-12-25-20(22-4)24(19)23-11-16-5-7-17(21)8-6-16/h5-12H,1-4H3. The molecule has 0 saturated carbocycles. The number of aromatic nitrogens is 1. The fraction of sp³-hybridized carbons (Fsp3) is 0.200. The lowest BCUT2D eigenvalue weighted by Crippen LogP contribution is -2.12. The van der Waals surface area contributed by atoms with Crippen molar-refractivity contribution in [3.63, 3.8) is 0 Å². The van der Waals surface area contributed by atoms with E-state index in [1.54, 1.807) is 36.7 Å². The van der Waals surface area contributed by atoms with Crippen LogP contribution < -0.4 is 4.80 Å². The number of hydrogen-bond acceptors (Lipinski definition) is 3. The van der Waals surface area contributed by atoms with Gasteiger partial charge in [0.2, 0.25) is 4.80 Å². The lowest BCUT2D eigenvalue weighted by Gasteiger charge is -2.10. The van der Waals surface area contributed by atoms with E-state index >= 15 is 0 Å². The molecule has 3 rings (SSSR count). The van der Waals surface area contributed by atoms with Crippen LogP contribution in [0.3, 0.4) is 0 Å². The Bertz CT molecular complexity index is 995. The molecule has 0 aliphatic rings. The Hall–Kier alpha value is -2.53. The van der Waals surface area contributed by atoms with E-state index in [1.807, 2.05) is 4.68 Å². The van der Waals surface area contributed by atoms with Crippen molar-refractivity contribution in [2.45, 2.75) is 20.8 Å². The van der Waals surface area contributed by atoms with Crippen LogP contribution >= 0.6 is 11.3 Å². The Morgan fingerprint density at radius 3 is 2.36 bits per heavy atom. The molecule has 0 amide bonds. The maximum absolute atomic E-state index is 13.1. The third-order valence-electron chi connectivity index (χ3n) is 4.19. The highest BCUT2D eigenvalue weighted by molar-refractivity contribution is 7.07. The number of rotatable bonds is 3. The van der Waals surface area contributed by atoms with Gasteiger partial charge >= 0.3 is 0 Å². The van der Waals surface area contributed by atoms with Crippen LogP contribution in [-0.2, 0) is 0 Å². The second-order valence-electron chi connectivity index (χ2n) is 5.99. The van der Waals surface area contributed by atoms with Crippen LogP contribution in [0.4, 0.5) is 4.39 Å².